The Hall–Kier alpha value is -3.56. The molecule has 0 aliphatic rings. The lowest BCUT2D eigenvalue weighted by molar-refractivity contribution is -0.117. The number of hydrogen-bond donors (Lipinski definition) is 4. The molecular weight excluding hydrogens is 417 g/mol. The molecule has 4 aromatic rings. The third kappa shape index (κ3) is 4.47. The number of rotatable bonds is 7. The smallest absolute Gasteiger partial charge is 0.266 e. The van der Waals surface area contributed by atoms with E-state index in [1.54, 1.807) is 48.5 Å². The van der Waals surface area contributed by atoms with E-state index in [4.69, 9.17) is 5.73 Å². The van der Waals surface area contributed by atoms with Crippen LogP contribution < -0.4 is 16.4 Å². The van der Waals surface area contributed by atoms with Crippen LogP contribution in [0.25, 0.3) is 10.9 Å². The number of nitrogens with two attached hydrogens (primary N) is 1. The Balaban J connectivity index is 1.57. The first-order chi connectivity index (χ1) is 15.1. The number of carbonyl (C=O) groups is 2. The first-order valence-corrected chi connectivity index (χ1v) is 10.5. The molecule has 0 saturated heterocycles. The summed E-state index contributed by atoms with van der Waals surface area (Å²) in [5.41, 5.74) is 7.17. The number of carbonyl (C=O) groups excluding carboxylic acids is 2. The molecule has 2 aromatic carbocycles. The van der Waals surface area contributed by atoms with E-state index in [-0.39, 0.29) is 18.4 Å². The van der Waals surface area contributed by atoms with Crippen molar-refractivity contribution in [2.75, 3.05) is 17.2 Å². The Morgan fingerprint density at radius 1 is 1.13 bits per heavy atom. The zero-order valence-electron chi connectivity index (χ0n) is 16.4. The second kappa shape index (κ2) is 9.07. The van der Waals surface area contributed by atoms with Crippen molar-refractivity contribution in [3.8, 4) is 0 Å². The van der Waals surface area contributed by atoms with Crippen LogP contribution in [0, 0.1) is 5.82 Å². The zero-order valence-corrected chi connectivity index (χ0v) is 17.2. The van der Waals surface area contributed by atoms with Gasteiger partial charge in [-0.25, -0.2) is 4.39 Å². The standard InChI is InChI=1S/C22H20FN5O2S/c23-17-5-2-1-4-14(17)15(9-10-24)21(29)25-13-7-8-18-16(12-13)20(28-27-18)26-22(30)19-6-3-11-31-19/h1-8,11-12,15H,9-10,24H2,(H,25,29)(H2,26,27,28,30). The largest absolute Gasteiger partial charge is 0.330 e. The third-order valence-corrected chi connectivity index (χ3v) is 5.73. The van der Waals surface area contributed by atoms with Crippen molar-refractivity contribution >= 4 is 45.6 Å². The molecule has 7 nitrogen and oxygen atoms in total. The number of nitrogens with zero attached hydrogens (tertiary/aromatic N) is 1. The Morgan fingerprint density at radius 2 is 1.97 bits per heavy atom. The minimum Gasteiger partial charge on any atom is -0.330 e. The van der Waals surface area contributed by atoms with Crippen molar-refractivity contribution < 1.29 is 14.0 Å². The minimum absolute atomic E-state index is 0.242. The summed E-state index contributed by atoms with van der Waals surface area (Å²) >= 11 is 1.33. The highest BCUT2D eigenvalue weighted by Crippen LogP contribution is 2.28. The molecule has 2 aromatic heterocycles. The minimum atomic E-state index is -0.718. The highest BCUT2D eigenvalue weighted by atomic mass is 32.1. The molecule has 4 rings (SSSR count). The molecular formula is C22H20FN5O2S. The van der Waals surface area contributed by atoms with Gasteiger partial charge in [0.2, 0.25) is 5.91 Å². The molecule has 1 unspecified atom stereocenters. The van der Waals surface area contributed by atoms with Gasteiger partial charge in [-0.05, 0) is 48.7 Å². The summed E-state index contributed by atoms with van der Waals surface area (Å²) in [5, 5.41) is 15.1. The molecule has 9 heteroatoms. The van der Waals surface area contributed by atoms with Gasteiger partial charge in [-0.3, -0.25) is 14.7 Å². The van der Waals surface area contributed by atoms with Gasteiger partial charge in [-0.1, -0.05) is 24.3 Å². The number of hydrogen-bond acceptors (Lipinski definition) is 5. The maximum Gasteiger partial charge on any atom is 0.266 e. The van der Waals surface area contributed by atoms with E-state index in [0.717, 1.165) is 0 Å². The molecule has 1 atom stereocenters. The zero-order chi connectivity index (χ0) is 21.8. The Labute approximate surface area is 181 Å². The molecule has 158 valence electrons. The van der Waals surface area contributed by atoms with Crippen LogP contribution in [-0.4, -0.2) is 28.6 Å². The fourth-order valence-electron chi connectivity index (χ4n) is 3.35. The summed E-state index contributed by atoms with van der Waals surface area (Å²) in [7, 11) is 0. The SMILES string of the molecule is NCCC(C(=O)Nc1ccc2[nH]nc(NC(=O)c3cccs3)c2c1)c1ccccc1F. The van der Waals surface area contributed by atoms with Crippen LogP contribution in [0.3, 0.4) is 0 Å². The lowest BCUT2D eigenvalue weighted by Crippen LogP contribution is -2.24. The normalized spacial score (nSPS) is 11.9. The lowest BCUT2D eigenvalue weighted by Gasteiger charge is -2.17. The predicted molar refractivity (Wildman–Crippen MR) is 120 cm³/mol. The van der Waals surface area contributed by atoms with Gasteiger partial charge in [0.15, 0.2) is 5.82 Å². The number of nitrogens with one attached hydrogen (secondary N) is 3. The van der Waals surface area contributed by atoms with Crippen LogP contribution in [0.4, 0.5) is 15.9 Å². The summed E-state index contributed by atoms with van der Waals surface area (Å²) in [6.45, 7) is 0.242. The maximum atomic E-state index is 14.2. The molecule has 0 aliphatic heterocycles. The fourth-order valence-corrected chi connectivity index (χ4v) is 3.96. The maximum absolute atomic E-state index is 14.2. The van der Waals surface area contributed by atoms with Gasteiger partial charge >= 0.3 is 0 Å². The Kier molecular flexibility index (Phi) is 6.06. The van der Waals surface area contributed by atoms with Gasteiger partial charge in [0.05, 0.1) is 16.3 Å². The summed E-state index contributed by atoms with van der Waals surface area (Å²) in [6.07, 6.45) is 0.308. The second-order valence-corrected chi connectivity index (χ2v) is 7.85. The number of aromatic nitrogens is 2. The van der Waals surface area contributed by atoms with Gasteiger partial charge in [-0.2, -0.15) is 5.10 Å². The molecule has 5 N–H and O–H groups in total. The molecule has 0 aliphatic carbocycles. The summed E-state index contributed by atoms with van der Waals surface area (Å²) in [6, 6.07) is 14.9. The average molecular weight is 438 g/mol. The van der Waals surface area contributed by atoms with E-state index in [2.05, 4.69) is 20.8 Å². The summed E-state index contributed by atoms with van der Waals surface area (Å²) in [4.78, 5) is 25.8. The van der Waals surface area contributed by atoms with E-state index < -0.39 is 11.7 Å². The number of amides is 2. The van der Waals surface area contributed by atoms with Crippen molar-refractivity contribution in [1.29, 1.82) is 0 Å². The summed E-state index contributed by atoms with van der Waals surface area (Å²) < 4.78 is 14.2. The van der Waals surface area contributed by atoms with Crippen LogP contribution in [0.15, 0.2) is 60.0 Å². The van der Waals surface area contributed by atoms with Gasteiger partial charge in [0, 0.05) is 16.6 Å². The molecule has 0 radical (unpaired) electrons. The molecule has 2 heterocycles. The van der Waals surface area contributed by atoms with Crippen molar-refractivity contribution in [2.24, 2.45) is 5.73 Å². The molecule has 0 saturated carbocycles. The van der Waals surface area contributed by atoms with Crippen molar-refractivity contribution in [3.05, 3.63) is 76.2 Å². The monoisotopic (exact) mass is 437 g/mol. The number of anilines is 2. The number of fused-ring (bicyclic) bond motifs is 1. The van der Waals surface area contributed by atoms with E-state index in [1.165, 1.54) is 17.4 Å². The molecule has 0 bridgehead atoms. The highest BCUT2D eigenvalue weighted by molar-refractivity contribution is 7.12. The number of H-pyrrole nitrogens is 1. The topological polar surface area (TPSA) is 113 Å². The van der Waals surface area contributed by atoms with Crippen LogP contribution in [0.2, 0.25) is 0 Å². The van der Waals surface area contributed by atoms with Crippen LogP contribution >= 0.6 is 11.3 Å². The number of halogens is 1. The van der Waals surface area contributed by atoms with Crippen LogP contribution in [-0.2, 0) is 4.79 Å². The fraction of sp³-hybridized carbons (Fsp3) is 0.136. The number of benzene rings is 2. The molecule has 0 fully saturated rings. The van der Waals surface area contributed by atoms with Crippen molar-refractivity contribution in [2.45, 2.75) is 12.3 Å². The van der Waals surface area contributed by atoms with Crippen LogP contribution in [0.1, 0.15) is 27.6 Å². The molecule has 31 heavy (non-hydrogen) atoms. The van der Waals surface area contributed by atoms with Gasteiger partial charge in [0.25, 0.3) is 5.91 Å². The van der Waals surface area contributed by atoms with E-state index in [0.29, 0.717) is 39.3 Å². The average Bonchev–Trinajstić information content (AvgIpc) is 3.43. The van der Waals surface area contributed by atoms with Gasteiger partial charge < -0.3 is 16.4 Å². The number of aromatic amines is 1. The van der Waals surface area contributed by atoms with Gasteiger partial charge in [0.1, 0.15) is 5.82 Å². The van der Waals surface area contributed by atoms with Gasteiger partial charge in [-0.15, -0.1) is 11.3 Å². The first kappa shape index (κ1) is 20.7. The molecule has 0 spiro atoms. The Bertz CT molecular complexity index is 1220. The lowest BCUT2D eigenvalue weighted by atomic mass is 9.94. The highest BCUT2D eigenvalue weighted by Gasteiger charge is 2.23. The van der Waals surface area contributed by atoms with Crippen LogP contribution in [0.5, 0.6) is 0 Å². The number of thiophene rings is 1. The van der Waals surface area contributed by atoms with Crippen molar-refractivity contribution in [1.82, 2.24) is 10.2 Å². The molecule has 2 amide bonds. The van der Waals surface area contributed by atoms with Crippen molar-refractivity contribution in [3.63, 3.8) is 0 Å². The predicted octanol–water partition coefficient (Wildman–Crippen LogP) is 4.09. The quantitative estimate of drug-likeness (QED) is 0.349. The summed E-state index contributed by atoms with van der Waals surface area (Å²) in [5.74, 6) is -1.43. The Morgan fingerprint density at radius 3 is 2.71 bits per heavy atom. The first-order valence-electron chi connectivity index (χ1n) is 9.65. The second-order valence-electron chi connectivity index (χ2n) is 6.90. The van der Waals surface area contributed by atoms with E-state index >= 15 is 0 Å². The third-order valence-electron chi connectivity index (χ3n) is 4.86. The van der Waals surface area contributed by atoms with E-state index in [1.807, 2.05) is 5.38 Å². The van der Waals surface area contributed by atoms with E-state index in [9.17, 15) is 14.0 Å².